The molecule has 4 nitrogen and oxygen atoms in total. The van der Waals surface area contributed by atoms with Gasteiger partial charge in [0.05, 0.1) is 6.54 Å². The standard InChI is InChI=1S/C8H12N2O2/c1-7-4-9-2-3-10(7)8(5-9)12-6-11/h4,6,8H,2-3,5H2,1H3. The number of hydrogen-bond donors (Lipinski definition) is 0. The number of hydrogen-bond acceptors (Lipinski definition) is 4. The lowest BCUT2D eigenvalue weighted by Gasteiger charge is -2.46. The molecule has 1 atom stereocenters. The maximum absolute atomic E-state index is 10.2. The molecule has 0 radical (unpaired) electrons. The first-order valence-corrected chi connectivity index (χ1v) is 4.09. The lowest BCUT2D eigenvalue weighted by Crippen LogP contribution is -2.55. The molecule has 1 fully saturated rings. The summed E-state index contributed by atoms with van der Waals surface area (Å²) in [6.45, 7) is 5.36. The van der Waals surface area contributed by atoms with Gasteiger partial charge in [-0.05, 0) is 6.92 Å². The summed E-state index contributed by atoms with van der Waals surface area (Å²) in [6.07, 6.45) is 2.04. The minimum absolute atomic E-state index is 0.0683. The fourth-order valence-corrected chi connectivity index (χ4v) is 1.81. The number of nitrogens with zero attached hydrogens (tertiary/aromatic N) is 2. The largest absolute Gasteiger partial charge is 0.442 e. The minimum atomic E-state index is -0.0683. The highest BCUT2D eigenvalue weighted by Crippen LogP contribution is 2.22. The minimum Gasteiger partial charge on any atom is -0.442 e. The number of carbonyl (C=O) groups is 1. The van der Waals surface area contributed by atoms with Crippen molar-refractivity contribution in [2.24, 2.45) is 0 Å². The maximum Gasteiger partial charge on any atom is 0.295 e. The third-order valence-corrected chi connectivity index (χ3v) is 2.40. The third kappa shape index (κ3) is 1.03. The van der Waals surface area contributed by atoms with E-state index in [4.69, 9.17) is 4.74 Å². The Balaban J connectivity index is 2.13. The number of allylic oxidation sites excluding steroid dienone is 1. The summed E-state index contributed by atoms with van der Waals surface area (Å²) in [5.41, 5.74) is 1.18. The van der Waals surface area contributed by atoms with Crippen LogP contribution in [0.5, 0.6) is 0 Å². The van der Waals surface area contributed by atoms with Crippen LogP contribution in [-0.2, 0) is 9.53 Å². The Morgan fingerprint density at radius 3 is 3.08 bits per heavy atom. The molecule has 3 aliphatic heterocycles. The lowest BCUT2D eigenvalue weighted by atomic mass is 10.2. The average Bonchev–Trinajstić information content (AvgIpc) is 2.05. The number of rotatable bonds is 2. The lowest BCUT2D eigenvalue weighted by molar-refractivity contribution is -0.148. The molecule has 0 saturated carbocycles. The normalized spacial score (nSPS) is 27.1. The Labute approximate surface area is 71.4 Å². The Morgan fingerprint density at radius 2 is 2.50 bits per heavy atom. The van der Waals surface area contributed by atoms with Crippen molar-refractivity contribution in [2.45, 2.75) is 13.2 Å². The Morgan fingerprint density at radius 1 is 1.67 bits per heavy atom. The van der Waals surface area contributed by atoms with Crippen molar-refractivity contribution in [2.75, 3.05) is 19.6 Å². The van der Waals surface area contributed by atoms with Gasteiger partial charge in [0, 0.05) is 25.0 Å². The molecule has 3 aliphatic rings. The van der Waals surface area contributed by atoms with Gasteiger partial charge in [0.15, 0.2) is 6.23 Å². The van der Waals surface area contributed by atoms with E-state index >= 15 is 0 Å². The van der Waals surface area contributed by atoms with Crippen molar-refractivity contribution in [1.29, 1.82) is 0 Å². The first kappa shape index (κ1) is 7.46. The third-order valence-electron chi connectivity index (χ3n) is 2.40. The summed E-state index contributed by atoms with van der Waals surface area (Å²) in [4.78, 5) is 14.5. The molecule has 3 rings (SSSR count). The molecule has 66 valence electrons. The molecule has 4 heteroatoms. The predicted molar refractivity (Wildman–Crippen MR) is 43.0 cm³/mol. The highest BCUT2D eigenvalue weighted by molar-refractivity contribution is 5.37. The summed E-state index contributed by atoms with van der Waals surface area (Å²) in [6, 6.07) is 0. The molecule has 0 aromatic rings. The molecule has 1 saturated heterocycles. The molecule has 0 amide bonds. The van der Waals surface area contributed by atoms with E-state index in [1.807, 2.05) is 6.92 Å². The Kier molecular flexibility index (Phi) is 1.67. The van der Waals surface area contributed by atoms with Gasteiger partial charge in [0.2, 0.25) is 0 Å². The predicted octanol–water partition coefficient (Wildman–Crippen LogP) is -0.0220. The number of piperazine rings is 1. The molecule has 12 heavy (non-hydrogen) atoms. The first-order valence-electron chi connectivity index (χ1n) is 4.09. The first-order chi connectivity index (χ1) is 5.81. The van der Waals surface area contributed by atoms with Gasteiger partial charge in [-0.15, -0.1) is 0 Å². The van der Waals surface area contributed by atoms with Crippen LogP contribution < -0.4 is 0 Å². The maximum atomic E-state index is 10.2. The van der Waals surface area contributed by atoms with Gasteiger partial charge in [-0.25, -0.2) is 0 Å². The van der Waals surface area contributed by atoms with E-state index in [0.29, 0.717) is 6.47 Å². The molecule has 3 heterocycles. The van der Waals surface area contributed by atoms with Crippen molar-refractivity contribution in [3.05, 3.63) is 11.9 Å². The van der Waals surface area contributed by atoms with Crippen LogP contribution in [-0.4, -0.2) is 42.1 Å². The average molecular weight is 168 g/mol. The SMILES string of the molecule is CC1=CN2CCN1C(OC=O)C2. The number of carbonyl (C=O) groups excluding carboxylic acids is 1. The Hall–Kier alpha value is -1.19. The van der Waals surface area contributed by atoms with Crippen molar-refractivity contribution in [3.63, 3.8) is 0 Å². The van der Waals surface area contributed by atoms with E-state index in [-0.39, 0.29) is 6.23 Å². The van der Waals surface area contributed by atoms with Crippen LogP contribution >= 0.6 is 0 Å². The summed E-state index contributed by atoms with van der Waals surface area (Å²) >= 11 is 0. The molecule has 0 aliphatic carbocycles. The van der Waals surface area contributed by atoms with Crippen LogP contribution in [0.4, 0.5) is 0 Å². The molecule has 0 aromatic carbocycles. The second-order valence-corrected chi connectivity index (χ2v) is 3.15. The van der Waals surface area contributed by atoms with Gasteiger partial charge in [-0.3, -0.25) is 4.79 Å². The molecular formula is C8H12N2O2. The van der Waals surface area contributed by atoms with E-state index in [1.54, 1.807) is 0 Å². The van der Waals surface area contributed by atoms with Crippen LogP contribution in [0.2, 0.25) is 0 Å². The summed E-state index contributed by atoms with van der Waals surface area (Å²) in [7, 11) is 0. The zero-order valence-corrected chi connectivity index (χ0v) is 7.06. The molecular weight excluding hydrogens is 156 g/mol. The van der Waals surface area contributed by atoms with Gasteiger partial charge >= 0.3 is 0 Å². The van der Waals surface area contributed by atoms with E-state index in [2.05, 4.69) is 16.0 Å². The summed E-state index contributed by atoms with van der Waals surface area (Å²) in [5, 5.41) is 0. The zero-order valence-electron chi connectivity index (χ0n) is 7.06. The monoisotopic (exact) mass is 168 g/mol. The Bertz CT molecular complexity index is 227. The van der Waals surface area contributed by atoms with E-state index in [0.717, 1.165) is 19.6 Å². The van der Waals surface area contributed by atoms with Gasteiger partial charge in [-0.1, -0.05) is 0 Å². The van der Waals surface area contributed by atoms with Crippen LogP contribution in [0.15, 0.2) is 11.9 Å². The van der Waals surface area contributed by atoms with Crippen LogP contribution in [0.25, 0.3) is 0 Å². The second kappa shape index (κ2) is 2.69. The van der Waals surface area contributed by atoms with Crippen LogP contribution in [0.3, 0.4) is 0 Å². The fourth-order valence-electron chi connectivity index (χ4n) is 1.81. The molecule has 2 bridgehead atoms. The summed E-state index contributed by atoms with van der Waals surface area (Å²) in [5.74, 6) is 0. The van der Waals surface area contributed by atoms with E-state index in [9.17, 15) is 4.79 Å². The highest BCUT2D eigenvalue weighted by Gasteiger charge is 2.31. The van der Waals surface area contributed by atoms with E-state index < -0.39 is 0 Å². The molecule has 0 N–H and O–H groups in total. The van der Waals surface area contributed by atoms with E-state index in [1.165, 1.54) is 5.70 Å². The fraction of sp³-hybridized carbons (Fsp3) is 0.625. The van der Waals surface area contributed by atoms with Crippen LogP contribution in [0.1, 0.15) is 6.92 Å². The summed E-state index contributed by atoms with van der Waals surface area (Å²) < 4.78 is 4.95. The van der Waals surface area contributed by atoms with Crippen molar-refractivity contribution in [1.82, 2.24) is 9.80 Å². The van der Waals surface area contributed by atoms with Gasteiger partial charge < -0.3 is 14.5 Å². The van der Waals surface area contributed by atoms with Gasteiger partial charge in [0.1, 0.15) is 0 Å². The molecule has 1 unspecified atom stereocenters. The van der Waals surface area contributed by atoms with Gasteiger partial charge in [-0.2, -0.15) is 0 Å². The smallest absolute Gasteiger partial charge is 0.295 e. The van der Waals surface area contributed by atoms with Crippen molar-refractivity contribution in [3.8, 4) is 0 Å². The molecule has 0 aromatic heterocycles. The highest BCUT2D eigenvalue weighted by atomic mass is 16.5. The van der Waals surface area contributed by atoms with Gasteiger partial charge in [0.25, 0.3) is 6.47 Å². The van der Waals surface area contributed by atoms with Crippen molar-refractivity contribution < 1.29 is 9.53 Å². The zero-order chi connectivity index (χ0) is 8.55. The number of ether oxygens (including phenoxy) is 1. The van der Waals surface area contributed by atoms with Crippen LogP contribution in [0, 0.1) is 0 Å². The number of fused-ring (bicyclic) bond motifs is 2. The molecule has 0 spiro atoms. The topological polar surface area (TPSA) is 32.8 Å². The van der Waals surface area contributed by atoms with Crippen molar-refractivity contribution >= 4 is 6.47 Å². The quantitative estimate of drug-likeness (QED) is 0.542. The second-order valence-electron chi connectivity index (χ2n) is 3.15.